The predicted molar refractivity (Wildman–Crippen MR) is 44.7 cm³/mol. The Morgan fingerprint density at radius 3 is 2.25 bits per heavy atom. The highest BCUT2D eigenvalue weighted by atomic mass is 35.7. The fraction of sp³-hybridized carbons (Fsp3) is 0. The van der Waals surface area contributed by atoms with Gasteiger partial charge in [0.15, 0.2) is 0 Å². The minimum absolute atomic E-state index is 0.302. The fourth-order valence-electron chi connectivity index (χ4n) is 1.01. The summed E-state index contributed by atoms with van der Waals surface area (Å²) in [5.74, 6) is 0. The van der Waals surface area contributed by atoms with Gasteiger partial charge in [-0.2, -0.15) is 14.0 Å². The van der Waals surface area contributed by atoms with Crippen LogP contribution >= 0.6 is 0 Å². The zero-order valence-electron chi connectivity index (χ0n) is 7.83. The highest BCUT2D eigenvalue weighted by Crippen LogP contribution is 2.08. The predicted octanol–water partition coefficient (Wildman–Crippen LogP) is -2.33. The van der Waals surface area contributed by atoms with E-state index in [1.165, 1.54) is 6.07 Å². The second-order valence-electron chi connectivity index (χ2n) is 2.69. The summed E-state index contributed by atoms with van der Waals surface area (Å²) in [6.45, 7) is 0. The number of benzene rings is 1. The molecule has 0 saturated heterocycles. The molecule has 0 spiro atoms. The molecule has 0 aliphatic heterocycles. The molecule has 86 valence electrons. The van der Waals surface area contributed by atoms with Crippen molar-refractivity contribution in [2.45, 2.75) is 0 Å². The van der Waals surface area contributed by atoms with Crippen LogP contribution in [0.5, 0.6) is 0 Å². The average Bonchev–Trinajstić information content (AvgIpc) is 2.15. The lowest BCUT2D eigenvalue weighted by molar-refractivity contribution is -1.92. The molecule has 0 saturated carbocycles. The molecular formula is C9H7ClO6. The van der Waals surface area contributed by atoms with Crippen molar-refractivity contribution in [1.82, 2.24) is 0 Å². The largest absolute Gasteiger partial charge is 0.423 e. The smallest absolute Gasteiger partial charge is 0.336 e. The summed E-state index contributed by atoms with van der Waals surface area (Å²) in [7, 11) is -4.69. The van der Waals surface area contributed by atoms with Crippen LogP contribution in [-0.4, -0.2) is 4.66 Å². The van der Waals surface area contributed by atoms with Crippen molar-refractivity contribution >= 4 is 11.0 Å². The topological polar surface area (TPSA) is 120 Å². The Morgan fingerprint density at radius 1 is 1.06 bits per heavy atom. The van der Waals surface area contributed by atoms with E-state index in [9.17, 15) is 4.79 Å². The molecule has 2 aromatic rings. The molecule has 1 N–H and O–H groups in total. The van der Waals surface area contributed by atoms with E-state index in [2.05, 4.69) is 0 Å². The van der Waals surface area contributed by atoms with Crippen LogP contribution in [0.15, 0.2) is 45.6 Å². The lowest BCUT2D eigenvalue weighted by Gasteiger charge is -2.03. The Labute approximate surface area is 91.7 Å². The first kappa shape index (κ1) is 12.6. The summed E-state index contributed by atoms with van der Waals surface area (Å²) in [4.78, 5) is 10.7. The van der Waals surface area contributed by atoms with Crippen LogP contribution in [0.4, 0.5) is 0 Å². The van der Waals surface area contributed by atoms with E-state index < -0.39 is 10.2 Å². The number of hydrogen-bond donors (Lipinski definition) is 1. The second kappa shape index (κ2) is 5.06. The third-order valence-corrected chi connectivity index (χ3v) is 1.53. The van der Waals surface area contributed by atoms with Crippen LogP contribution in [-0.2, 0) is 0 Å². The first-order valence-corrected chi connectivity index (χ1v) is 5.25. The molecule has 0 unspecified atom stereocenters. The van der Waals surface area contributed by atoms with Gasteiger partial charge < -0.3 is 4.42 Å². The number of para-hydroxylation sites is 1. The molecular weight excluding hydrogens is 240 g/mol. The molecule has 16 heavy (non-hydrogen) atoms. The van der Waals surface area contributed by atoms with Crippen molar-refractivity contribution in [3.63, 3.8) is 0 Å². The normalized spacial score (nSPS) is 10.8. The maximum atomic E-state index is 10.7. The van der Waals surface area contributed by atoms with Crippen LogP contribution < -0.4 is 19.6 Å². The van der Waals surface area contributed by atoms with E-state index in [1.54, 1.807) is 12.1 Å². The first-order valence-electron chi connectivity index (χ1n) is 3.98. The number of rotatable bonds is 0. The number of fused-ring (bicyclic) bond motifs is 1. The number of halogens is 1. The van der Waals surface area contributed by atoms with Crippen LogP contribution in [0.1, 0.15) is 0 Å². The van der Waals surface area contributed by atoms with Crippen LogP contribution in [0.25, 0.3) is 11.0 Å². The Balaban J connectivity index is 0.000000221. The van der Waals surface area contributed by atoms with E-state index in [0.29, 0.717) is 5.58 Å². The molecule has 1 aromatic carbocycles. The average molecular weight is 247 g/mol. The maximum absolute atomic E-state index is 10.7. The van der Waals surface area contributed by atoms with Crippen molar-refractivity contribution in [3.05, 3.63) is 46.8 Å². The third-order valence-electron chi connectivity index (χ3n) is 1.53. The van der Waals surface area contributed by atoms with Gasteiger partial charge in [0, 0.05) is 11.5 Å². The molecule has 0 amide bonds. The lowest BCUT2D eigenvalue weighted by atomic mass is 10.2. The summed E-state index contributed by atoms with van der Waals surface area (Å²) < 4.78 is 37.6. The van der Waals surface area contributed by atoms with Gasteiger partial charge in [-0.1, -0.05) is 18.2 Å². The fourth-order valence-corrected chi connectivity index (χ4v) is 1.01. The quantitative estimate of drug-likeness (QED) is 0.521. The summed E-state index contributed by atoms with van der Waals surface area (Å²) in [5.41, 5.74) is 0.337. The van der Waals surface area contributed by atoms with E-state index in [4.69, 9.17) is 23.1 Å². The Bertz CT molecular complexity index is 509. The summed E-state index contributed by atoms with van der Waals surface area (Å²) >= 11 is 0. The minimum Gasteiger partial charge on any atom is -0.423 e. The van der Waals surface area contributed by atoms with Gasteiger partial charge in [0.1, 0.15) is 5.58 Å². The van der Waals surface area contributed by atoms with Gasteiger partial charge in [-0.25, -0.2) is 4.79 Å². The summed E-state index contributed by atoms with van der Waals surface area (Å²) in [6, 6.07) is 10.6. The standard InChI is InChI=1S/C9H6O2.ClHO4/c10-9-6-5-7-3-1-2-4-8(7)11-9;2-1(3,4)5/h1-6H;(H,2,3,4,5). The van der Waals surface area contributed by atoms with Crippen molar-refractivity contribution in [1.29, 1.82) is 0 Å². The van der Waals surface area contributed by atoms with E-state index >= 15 is 0 Å². The Morgan fingerprint density at radius 2 is 1.62 bits per heavy atom. The van der Waals surface area contributed by atoms with Gasteiger partial charge in [-0.15, -0.1) is 0 Å². The molecule has 1 heterocycles. The molecule has 0 radical (unpaired) electrons. The highest BCUT2D eigenvalue weighted by molar-refractivity contribution is 5.75. The molecule has 0 bridgehead atoms. The molecule has 0 fully saturated rings. The van der Waals surface area contributed by atoms with Gasteiger partial charge in [0.05, 0.1) is 14.9 Å². The van der Waals surface area contributed by atoms with E-state index in [0.717, 1.165) is 5.39 Å². The van der Waals surface area contributed by atoms with Crippen molar-refractivity contribution in [2.24, 2.45) is 0 Å². The zero-order valence-corrected chi connectivity index (χ0v) is 8.59. The molecule has 0 aliphatic carbocycles. The van der Waals surface area contributed by atoms with Gasteiger partial charge in [0.25, 0.3) is 0 Å². The Kier molecular flexibility index (Phi) is 3.99. The van der Waals surface area contributed by atoms with Crippen molar-refractivity contribution < 1.29 is 33.3 Å². The highest BCUT2D eigenvalue weighted by Gasteiger charge is 1.98. The molecule has 2 rings (SSSR count). The molecule has 0 aliphatic rings. The van der Waals surface area contributed by atoms with E-state index in [-0.39, 0.29) is 5.63 Å². The van der Waals surface area contributed by atoms with E-state index in [1.807, 2.05) is 18.2 Å². The lowest BCUT2D eigenvalue weighted by Crippen LogP contribution is -2.58. The second-order valence-corrected chi connectivity index (χ2v) is 3.48. The first-order chi connectivity index (χ1) is 7.36. The van der Waals surface area contributed by atoms with Gasteiger partial charge in [-0.3, -0.25) is 0 Å². The molecule has 6 nitrogen and oxygen atoms in total. The maximum Gasteiger partial charge on any atom is 0.336 e. The molecule has 0 atom stereocenters. The van der Waals surface area contributed by atoms with Gasteiger partial charge in [-0.05, 0) is 12.1 Å². The summed E-state index contributed by atoms with van der Waals surface area (Å²) in [6.07, 6.45) is 0. The zero-order chi connectivity index (χ0) is 12.2. The third kappa shape index (κ3) is 4.87. The Hall–Kier alpha value is -1.44. The summed E-state index contributed by atoms with van der Waals surface area (Å²) in [5, 5.41) is 0.951. The number of hydrogen-bond acceptors (Lipinski definition) is 6. The van der Waals surface area contributed by atoms with Crippen molar-refractivity contribution in [2.75, 3.05) is 0 Å². The monoisotopic (exact) mass is 246 g/mol. The SMILES string of the molecule is O=c1ccc2ccccc2o1.[O-][Cl+3]([O-])([O-])O. The van der Waals surface area contributed by atoms with Crippen molar-refractivity contribution in [3.8, 4) is 0 Å². The van der Waals surface area contributed by atoms with Gasteiger partial charge in [0.2, 0.25) is 0 Å². The molecule has 1 aromatic heterocycles. The van der Waals surface area contributed by atoms with Crippen LogP contribution in [0.3, 0.4) is 0 Å². The van der Waals surface area contributed by atoms with Gasteiger partial charge >= 0.3 is 5.63 Å². The molecule has 7 heteroatoms. The van der Waals surface area contributed by atoms with Crippen LogP contribution in [0, 0.1) is 10.2 Å². The minimum atomic E-state index is -4.69. The van der Waals surface area contributed by atoms with Crippen LogP contribution in [0.2, 0.25) is 0 Å².